The molecule has 2 rings (SSSR count). The van der Waals surface area contributed by atoms with Gasteiger partial charge < -0.3 is 10.2 Å². The number of piperidine rings is 1. The van der Waals surface area contributed by atoms with Gasteiger partial charge in [0.2, 0.25) is 5.91 Å². The molecule has 0 radical (unpaired) electrons. The van der Waals surface area contributed by atoms with Crippen LogP contribution in [-0.2, 0) is 4.79 Å². The number of likely N-dealkylation sites (tertiary alicyclic amines) is 1. The van der Waals surface area contributed by atoms with E-state index in [1.54, 1.807) is 0 Å². The standard InChI is InChI=1S/C14H26N2O/c1-13(2,3)11(15-6)12(17)16-7-9-10(8-16)14(9,4)5/h9-11,15H,7-8H2,1-6H3. The van der Waals surface area contributed by atoms with Crippen LogP contribution >= 0.6 is 0 Å². The Morgan fingerprint density at radius 2 is 1.76 bits per heavy atom. The first-order chi connectivity index (χ1) is 7.69. The van der Waals surface area contributed by atoms with Gasteiger partial charge in [0.15, 0.2) is 0 Å². The van der Waals surface area contributed by atoms with Gasteiger partial charge in [-0.15, -0.1) is 0 Å². The number of hydrogen-bond donors (Lipinski definition) is 1. The number of carbonyl (C=O) groups excluding carboxylic acids is 1. The Labute approximate surface area is 105 Å². The lowest BCUT2D eigenvalue weighted by molar-refractivity contribution is -0.135. The molecule has 1 N–H and O–H groups in total. The summed E-state index contributed by atoms with van der Waals surface area (Å²) in [4.78, 5) is 14.5. The lowest BCUT2D eigenvalue weighted by atomic mass is 9.86. The molecule has 1 aliphatic carbocycles. The fourth-order valence-corrected chi connectivity index (χ4v) is 3.42. The Balaban J connectivity index is 1.99. The van der Waals surface area contributed by atoms with Crippen molar-refractivity contribution in [2.75, 3.05) is 20.1 Å². The Morgan fingerprint density at radius 3 is 2.12 bits per heavy atom. The molecule has 3 nitrogen and oxygen atoms in total. The second-order valence-corrected chi connectivity index (χ2v) is 7.37. The normalized spacial score (nSPS) is 32.2. The highest BCUT2D eigenvalue weighted by atomic mass is 16.2. The highest BCUT2D eigenvalue weighted by Gasteiger charge is 2.63. The van der Waals surface area contributed by atoms with Crippen LogP contribution in [0.3, 0.4) is 0 Å². The smallest absolute Gasteiger partial charge is 0.240 e. The van der Waals surface area contributed by atoms with Crippen LogP contribution in [0.5, 0.6) is 0 Å². The van der Waals surface area contributed by atoms with Crippen molar-refractivity contribution >= 4 is 5.91 Å². The van der Waals surface area contributed by atoms with Crippen molar-refractivity contribution in [2.45, 2.75) is 40.7 Å². The van der Waals surface area contributed by atoms with E-state index >= 15 is 0 Å². The predicted octanol–water partition coefficient (Wildman–Crippen LogP) is 1.73. The molecular formula is C14H26N2O. The monoisotopic (exact) mass is 238 g/mol. The van der Waals surface area contributed by atoms with Crippen molar-refractivity contribution in [3.63, 3.8) is 0 Å². The summed E-state index contributed by atoms with van der Waals surface area (Å²) in [6, 6.07) is -0.0666. The maximum Gasteiger partial charge on any atom is 0.240 e. The number of carbonyl (C=O) groups is 1. The van der Waals surface area contributed by atoms with Crippen LogP contribution in [0, 0.1) is 22.7 Å². The van der Waals surface area contributed by atoms with Crippen LogP contribution in [0.2, 0.25) is 0 Å². The number of hydrogen-bond acceptors (Lipinski definition) is 2. The number of nitrogens with one attached hydrogen (secondary N) is 1. The molecule has 2 fully saturated rings. The molecule has 1 saturated carbocycles. The molecule has 1 aliphatic heterocycles. The summed E-state index contributed by atoms with van der Waals surface area (Å²) in [6.45, 7) is 12.9. The molecule has 0 aromatic carbocycles. The highest BCUT2D eigenvalue weighted by molar-refractivity contribution is 5.83. The minimum absolute atomic E-state index is 0.0197. The number of rotatable bonds is 2. The van der Waals surface area contributed by atoms with E-state index in [2.05, 4.69) is 44.8 Å². The molecule has 0 spiro atoms. The maximum atomic E-state index is 12.5. The zero-order chi connectivity index (χ0) is 13.0. The van der Waals surface area contributed by atoms with E-state index in [9.17, 15) is 4.79 Å². The molecule has 1 amide bonds. The number of fused-ring (bicyclic) bond motifs is 1. The van der Waals surface area contributed by atoms with Crippen LogP contribution in [0.4, 0.5) is 0 Å². The molecule has 0 aromatic heterocycles. The minimum Gasteiger partial charge on any atom is -0.341 e. The van der Waals surface area contributed by atoms with E-state index in [4.69, 9.17) is 0 Å². The number of likely N-dealkylation sites (N-methyl/N-ethyl adjacent to an activating group) is 1. The van der Waals surface area contributed by atoms with Gasteiger partial charge in [-0.1, -0.05) is 34.6 Å². The SMILES string of the molecule is CNC(C(=O)N1CC2C(C1)C2(C)C)C(C)(C)C. The summed E-state index contributed by atoms with van der Waals surface area (Å²) >= 11 is 0. The third-order valence-corrected chi connectivity index (χ3v) is 4.84. The minimum atomic E-state index is -0.0666. The molecule has 3 unspecified atom stereocenters. The van der Waals surface area contributed by atoms with Crippen molar-refractivity contribution in [1.82, 2.24) is 10.2 Å². The number of nitrogens with zero attached hydrogens (tertiary/aromatic N) is 1. The third-order valence-electron chi connectivity index (χ3n) is 4.84. The Hall–Kier alpha value is -0.570. The lowest BCUT2D eigenvalue weighted by Gasteiger charge is -2.34. The molecule has 3 atom stereocenters. The van der Waals surface area contributed by atoms with Crippen LogP contribution in [0.15, 0.2) is 0 Å². The van der Waals surface area contributed by atoms with Crippen molar-refractivity contribution in [3.8, 4) is 0 Å². The van der Waals surface area contributed by atoms with Crippen molar-refractivity contribution in [1.29, 1.82) is 0 Å². The van der Waals surface area contributed by atoms with Gasteiger partial charge in [0.05, 0.1) is 6.04 Å². The maximum absolute atomic E-state index is 12.5. The van der Waals surface area contributed by atoms with Gasteiger partial charge in [-0.2, -0.15) is 0 Å². The summed E-state index contributed by atoms with van der Waals surface area (Å²) in [7, 11) is 1.88. The fourth-order valence-electron chi connectivity index (χ4n) is 3.42. The average Bonchev–Trinajstić information content (AvgIpc) is 2.62. The highest BCUT2D eigenvalue weighted by Crippen LogP contribution is 2.62. The van der Waals surface area contributed by atoms with Crippen LogP contribution < -0.4 is 5.32 Å². The van der Waals surface area contributed by atoms with E-state index in [1.807, 2.05) is 7.05 Å². The van der Waals surface area contributed by atoms with E-state index in [0.29, 0.717) is 5.41 Å². The van der Waals surface area contributed by atoms with Crippen LogP contribution in [-0.4, -0.2) is 37.0 Å². The Kier molecular flexibility index (Phi) is 2.81. The Morgan fingerprint density at radius 1 is 1.29 bits per heavy atom. The van der Waals surface area contributed by atoms with E-state index in [0.717, 1.165) is 24.9 Å². The lowest BCUT2D eigenvalue weighted by Crippen LogP contribution is -2.52. The Bertz CT molecular complexity index is 316. The summed E-state index contributed by atoms with van der Waals surface area (Å²) in [6.07, 6.45) is 0. The van der Waals surface area contributed by atoms with Gasteiger partial charge in [-0.05, 0) is 29.7 Å². The molecule has 0 aromatic rings. The van der Waals surface area contributed by atoms with Crippen molar-refractivity contribution < 1.29 is 4.79 Å². The first-order valence-electron chi connectivity index (χ1n) is 6.65. The fraction of sp³-hybridized carbons (Fsp3) is 0.929. The molecule has 98 valence electrons. The molecule has 3 heteroatoms. The first kappa shape index (κ1) is 12.9. The predicted molar refractivity (Wildman–Crippen MR) is 69.6 cm³/mol. The van der Waals surface area contributed by atoms with Gasteiger partial charge in [-0.25, -0.2) is 0 Å². The topological polar surface area (TPSA) is 32.3 Å². The second-order valence-electron chi connectivity index (χ2n) is 7.37. The summed E-state index contributed by atoms with van der Waals surface area (Å²) in [5.41, 5.74) is 0.460. The van der Waals surface area contributed by atoms with Gasteiger partial charge in [-0.3, -0.25) is 4.79 Å². The molecule has 17 heavy (non-hydrogen) atoms. The first-order valence-corrected chi connectivity index (χ1v) is 6.65. The largest absolute Gasteiger partial charge is 0.341 e. The van der Waals surface area contributed by atoms with E-state index in [-0.39, 0.29) is 17.4 Å². The third kappa shape index (κ3) is 1.99. The zero-order valence-corrected chi connectivity index (χ0v) is 12.0. The van der Waals surface area contributed by atoms with Gasteiger partial charge >= 0.3 is 0 Å². The average molecular weight is 238 g/mol. The zero-order valence-electron chi connectivity index (χ0n) is 12.0. The van der Waals surface area contributed by atoms with Crippen molar-refractivity contribution in [2.24, 2.45) is 22.7 Å². The number of amides is 1. The summed E-state index contributed by atoms with van der Waals surface area (Å²) < 4.78 is 0. The molecule has 2 aliphatic rings. The second kappa shape index (κ2) is 3.71. The quantitative estimate of drug-likeness (QED) is 0.794. The van der Waals surface area contributed by atoms with Crippen LogP contribution in [0.25, 0.3) is 0 Å². The van der Waals surface area contributed by atoms with Crippen molar-refractivity contribution in [3.05, 3.63) is 0 Å². The summed E-state index contributed by atoms with van der Waals surface area (Å²) in [5.74, 6) is 1.76. The molecule has 1 saturated heterocycles. The van der Waals surface area contributed by atoms with E-state index < -0.39 is 0 Å². The molecule has 0 bridgehead atoms. The van der Waals surface area contributed by atoms with E-state index in [1.165, 1.54) is 0 Å². The van der Waals surface area contributed by atoms with Gasteiger partial charge in [0.1, 0.15) is 0 Å². The molecular weight excluding hydrogens is 212 g/mol. The van der Waals surface area contributed by atoms with Gasteiger partial charge in [0.25, 0.3) is 0 Å². The summed E-state index contributed by atoms with van der Waals surface area (Å²) in [5, 5.41) is 3.18. The molecule has 1 heterocycles. The van der Waals surface area contributed by atoms with Gasteiger partial charge in [0, 0.05) is 13.1 Å². The van der Waals surface area contributed by atoms with Crippen LogP contribution in [0.1, 0.15) is 34.6 Å².